The summed E-state index contributed by atoms with van der Waals surface area (Å²) in [5.41, 5.74) is 4.66. The van der Waals surface area contributed by atoms with Gasteiger partial charge in [0.25, 0.3) is 5.91 Å². The molecule has 130 valence electrons. The van der Waals surface area contributed by atoms with Crippen LogP contribution in [0.5, 0.6) is 0 Å². The van der Waals surface area contributed by atoms with Crippen molar-refractivity contribution in [1.82, 2.24) is 14.8 Å². The summed E-state index contributed by atoms with van der Waals surface area (Å²) in [5.74, 6) is 0.113. The molecular formula is C21H19N3OS. The molecule has 0 saturated carbocycles. The van der Waals surface area contributed by atoms with Crippen LogP contribution in [0.4, 0.5) is 0 Å². The molecule has 0 bridgehead atoms. The largest absolute Gasteiger partial charge is 0.356 e. The van der Waals surface area contributed by atoms with E-state index in [-0.39, 0.29) is 18.0 Å². The number of aromatic amines is 1. The Morgan fingerprint density at radius 3 is 2.65 bits per heavy atom. The second kappa shape index (κ2) is 5.68. The number of thiocarbonyl (C=S) groups is 1. The summed E-state index contributed by atoms with van der Waals surface area (Å²) in [5, 5.41) is 1.86. The number of amides is 1. The molecule has 2 aromatic carbocycles. The van der Waals surface area contributed by atoms with E-state index < -0.39 is 0 Å². The van der Waals surface area contributed by atoms with Crippen molar-refractivity contribution in [2.75, 3.05) is 0 Å². The van der Waals surface area contributed by atoms with Crippen LogP contribution >= 0.6 is 12.2 Å². The van der Waals surface area contributed by atoms with Gasteiger partial charge in [-0.15, -0.1) is 0 Å². The predicted molar refractivity (Wildman–Crippen MR) is 106 cm³/mol. The molecule has 1 fully saturated rings. The van der Waals surface area contributed by atoms with Gasteiger partial charge in [-0.05, 0) is 36.3 Å². The SMILES string of the molecule is C[C@H]1c2[nH]c3ccccc3c2C[C@@H]2C(=O)N(Cc3ccccc3)C(=S)N21. The summed E-state index contributed by atoms with van der Waals surface area (Å²) in [6, 6.07) is 18.2. The Bertz CT molecular complexity index is 1030. The van der Waals surface area contributed by atoms with E-state index in [4.69, 9.17) is 12.2 Å². The minimum atomic E-state index is -0.201. The van der Waals surface area contributed by atoms with Crippen molar-refractivity contribution in [2.45, 2.75) is 32.0 Å². The van der Waals surface area contributed by atoms with Crippen molar-refractivity contribution in [1.29, 1.82) is 0 Å². The van der Waals surface area contributed by atoms with E-state index in [1.54, 1.807) is 4.90 Å². The molecule has 3 heterocycles. The van der Waals surface area contributed by atoms with Crippen molar-refractivity contribution in [3.8, 4) is 0 Å². The lowest BCUT2D eigenvalue weighted by atomic mass is 9.93. The number of nitrogens with zero attached hydrogens (tertiary/aromatic N) is 2. The van der Waals surface area contributed by atoms with Gasteiger partial charge in [-0.2, -0.15) is 0 Å². The van der Waals surface area contributed by atoms with Gasteiger partial charge in [0, 0.05) is 23.0 Å². The van der Waals surface area contributed by atoms with Crippen LogP contribution in [0.2, 0.25) is 0 Å². The molecule has 4 nitrogen and oxygen atoms in total. The second-order valence-corrected chi connectivity index (χ2v) is 7.42. The third kappa shape index (κ3) is 2.13. The van der Waals surface area contributed by atoms with E-state index in [1.165, 1.54) is 16.6 Å². The minimum absolute atomic E-state index is 0.0633. The Hall–Kier alpha value is -2.66. The number of carbonyl (C=O) groups is 1. The highest BCUT2D eigenvalue weighted by molar-refractivity contribution is 7.80. The first-order chi connectivity index (χ1) is 12.6. The van der Waals surface area contributed by atoms with Crippen LogP contribution in [0, 0.1) is 0 Å². The normalized spacial score (nSPS) is 22.0. The molecule has 2 atom stereocenters. The molecule has 5 heteroatoms. The van der Waals surface area contributed by atoms with Crippen LogP contribution in [0.15, 0.2) is 54.6 Å². The molecule has 1 saturated heterocycles. The van der Waals surface area contributed by atoms with Crippen LogP contribution < -0.4 is 0 Å². The lowest BCUT2D eigenvalue weighted by Gasteiger charge is -2.35. The van der Waals surface area contributed by atoms with E-state index in [0.29, 0.717) is 18.1 Å². The maximum Gasteiger partial charge on any atom is 0.252 e. The van der Waals surface area contributed by atoms with Crippen LogP contribution in [-0.2, 0) is 17.8 Å². The zero-order chi connectivity index (χ0) is 17.8. The highest BCUT2D eigenvalue weighted by Gasteiger charge is 2.48. The number of fused-ring (bicyclic) bond motifs is 4. The van der Waals surface area contributed by atoms with E-state index >= 15 is 0 Å². The van der Waals surface area contributed by atoms with Gasteiger partial charge in [-0.3, -0.25) is 9.69 Å². The van der Waals surface area contributed by atoms with E-state index in [9.17, 15) is 4.79 Å². The smallest absolute Gasteiger partial charge is 0.252 e. The first kappa shape index (κ1) is 15.6. The lowest BCUT2D eigenvalue weighted by molar-refractivity contribution is -0.128. The van der Waals surface area contributed by atoms with Crippen molar-refractivity contribution in [3.05, 3.63) is 71.4 Å². The number of aromatic nitrogens is 1. The maximum atomic E-state index is 13.2. The minimum Gasteiger partial charge on any atom is -0.356 e. The number of carbonyl (C=O) groups excluding carboxylic acids is 1. The number of H-pyrrole nitrogens is 1. The molecule has 3 aromatic rings. The number of hydrogen-bond donors (Lipinski definition) is 1. The molecule has 1 amide bonds. The molecule has 0 aliphatic carbocycles. The number of nitrogens with one attached hydrogen (secondary N) is 1. The molecule has 5 rings (SSSR count). The quantitative estimate of drug-likeness (QED) is 0.706. The number of para-hydroxylation sites is 1. The summed E-state index contributed by atoms with van der Waals surface area (Å²) in [4.78, 5) is 20.6. The van der Waals surface area contributed by atoms with Crippen molar-refractivity contribution in [3.63, 3.8) is 0 Å². The third-order valence-electron chi connectivity index (χ3n) is 5.60. The number of benzene rings is 2. The number of rotatable bonds is 2. The van der Waals surface area contributed by atoms with E-state index in [2.05, 4.69) is 35.0 Å². The Kier molecular flexibility index (Phi) is 3.40. The zero-order valence-electron chi connectivity index (χ0n) is 14.5. The summed E-state index contributed by atoms with van der Waals surface area (Å²) < 4.78 is 0. The van der Waals surface area contributed by atoms with E-state index in [0.717, 1.165) is 11.1 Å². The topological polar surface area (TPSA) is 39.3 Å². The molecule has 0 radical (unpaired) electrons. The highest BCUT2D eigenvalue weighted by Crippen LogP contribution is 2.40. The van der Waals surface area contributed by atoms with Crippen LogP contribution in [-0.4, -0.2) is 31.8 Å². The fraction of sp³-hybridized carbons (Fsp3) is 0.238. The van der Waals surface area contributed by atoms with Gasteiger partial charge in [0.05, 0.1) is 12.6 Å². The van der Waals surface area contributed by atoms with Crippen molar-refractivity contribution in [2.24, 2.45) is 0 Å². The van der Waals surface area contributed by atoms with Gasteiger partial charge < -0.3 is 9.88 Å². The van der Waals surface area contributed by atoms with E-state index in [1.807, 2.05) is 36.4 Å². The van der Waals surface area contributed by atoms with Gasteiger partial charge in [0.15, 0.2) is 5.11 Å². The van der Waals surface area contributed by atoms with Gasteiger partial charge >= 0.3 is 0 Å². The molecule has 26 heavy (non-hydrogen) atoms. The predicted octanol–water partition coefficient (Wildman–Crippen LogP) is 3.78. The van der Waals surface area contributed by atoms with Gasteiger partial charge in [0.1, 0.15) is 6.04 Å². The molecule has 1 aromatic heterocycles. The fourth-order valence-electron chi connectivity index (χ4n) is 4.33. The third-order valence-corrected chi connectivity index (χ3v) is 6.03. The molecule has 2 aliphatic rings. The molecule has 1 N–H and O–H groups in total. The molecule has 0 unspecified atom stereocenters. The average Bonchev–Trinajstić information content (AvgIpc) is 3.15. The summed E-state index contributed by atoms with van der Waals surface area (Å²) in [6.45, 7) is 2.67. The summed E-state index contributed by atoms with van der Waals surface area (Å²) >= 11 is 5.72. The lowest BCUT2D eigenvalue weighted by Crippen LogP contribution is -2.42. The van der Waals surface area contributed by atoms with Crippen LogP contribution in [0.1, 0.15) is 29.8 Å². The van der Waals surface area contributed by atoms with Gasteiger partial charge in [0.2, 0.25) is 0 Å². The van der Waals surface area contributed by atoms with Gasteiger partial charge in [-0.25, -0.2) is 0 Å². The van der Waals surface area contributed by atoms with Crippen LogP contribution in [0.3, 0.4) is 0 Å². The molecule has 2 aliphatic heterocycles. The van der Waals surface area contributed by atoms with Gasteiger partial charge in [-0.1, -0.05) is 48.5 Å². The van der Waals surface area contributed by atoms with Crippen LogP contribution in [0.25, 0.3) is 10.9 Å². The standard InChI is InChI=1S/C21H19N3OS/c1-13-19-16(15-9-5-6-10-17(15)22-19)11-18-20(25)23(21(26)24(13)18)12-14-7-3-2-4-8-14/h2-10,13,18,22H,11-12H2,1H3/t13-,18+/m0/s1. The molecule has 0 spiro atoms. The first-order valence-electron chi connectivity index (χ1n) is 8.92. The Balaban J connectivity index is 1.53. The highest BCUT2D eigenvalue weighted by atomic mass is 32.1. The summed E-state index contributed by atoms with van der Waals surface area (Å²) in [6.07, 6.45) is 0.702. The Morgan fingerprint density at radius 1 is 1.12 bits per heavy atom. The second-order valence-electron chi connectivity index (χ2n) is 7.06. The maximum absolute atomic E-state index is 13.2. The Labute approximate surface area is 157 Å². The van der Waals surface area contributed by atoms with Crippen molar-refractivity contribution >= 4 is 34.1 Å². The van der Waals surface area contributed by atoms with Crippen molar-refractivity contribution < 1.29 is 4.79 Å². The fourth-order valence-corrected chi connectivity index (χ4v) is 4.77. The Morgan fingerprint density at radius 2 is 1.85 bits per heavy atom. The average molecular weight is 361 g/mol. The zero-order valence-corrected chi connectivity index (χ0v) is 15.3. The number of hydrogen-bond acceptors (Lipinski definition) is 2. The molecular weight excluding hydrogens is 342 g/mol. The monoisotopic (exact) mass is 361 g/mol. The first-order valence-corrected chi connectivity index (χ1v) is 9.33. The summed E-state index contributed by atoms with van der Waals surface area (Å²) in [7, 11) is 0.